The molecule has 0 bridgehead atoms. The van der Waals surface area contributed by atoms with Crippen molar-refractivity contribution in [2.75, 3.05) is 30.8 Å². The van der Waals surface area contributed by atoms with E-state index in [2.05, 4.69) is 21.2 Å². The first-order valence-electron chi connectivity index (χ1n) is 5.21. The summed E-state index contributed by atoms with van der Waals surface area (Å²) in [5.74, 6) is -0.318. The smallest absolute Gasteiger partial charge is 0.139 e. The fourth-order valence-corrected chi connectivity index (χ4v) is 1.62. The van der Waals surface area contributed by atoms with Gasteiger partial charge in [-0.15, -0.1) is 0 Å². The van der Waals surface area contributed by atoms with Gasteiger partial charge in [0.2, 0.25) is 0 Å². The molecular weight excluding hydrogens is 275 g/mol. The third-order valence-corrected chi connectivity index (χ3v) is 2.69. The molecule has 0 aliphatic rings. The van der Waals surface area contributed by atoms with E-state index in [1.807, 2.05) is 6.92 Å². The molecule has 0 heterocycles. The summed E-state index contributed by atoms with van der Waals surface area (Å²) in [4.78, 5) is 0. The topological polar surface area (TPSA) is 47.3 Å². The van der Waals surface area contributed by atoms with Crippen LogP contribution < -0.4 is 11.1 Å². The molecular formula is C11H16BrFN2O. The summed E-state index contributed by atoms with van der Waals surface area (Å²) in [5, 5.41) is 3.07. The van der Waals surface area contributed by atoms with Crippen LogP contribution in [-0.2, 0) is 4.74 Å². The Bertz CT molecular complexity index is 347. The van der Waals surface area contributed by atoms with Crippen LogP contribution in [0.1, 0.15) is 13.3 Å². The Morgan fingerprint density at radius 2 is 2.25 bits per heavy atom. The van der Waals surface area contributed by atoms with Gasteiger partial charge in [0.25, 0.3) is 0 Å². The highest BCUT2D eigenvalue weighted by molar-refractivity contribution is 9.10. The van der Waals surface area contributed by atoms with E-state index in [0.29, 0.717) is 29.0 Å². The van der Waals surface area contributed by atoms with E-state index in [9.17, 15) is 4.39 Å². The van der Waals surface area contributed by atoms with Gasteiger partial charge in [-0.25, -0.2) is 4.39 Å². The summed E-state index contributed by atoms with van der Waals surface area (Å²) in [6.07, 6.45) is 0.866. The predicted octanol–water partition coefficient (Wildman–Crippen LogP) is 3.01. The lowest BCUT2D eigenvalue weighted by molar-refractivity contribution is 0.147. The van der Waals surface area contributed by atoms with Gasteiger partial charge in [-0.1, -0.05) is 0 Å². The minimum Gasteiger partial charge on any atom is -0.397 e. The van der Waals surface area contributed by atoms with Crippen LogP contribution in [0.5, 0.6) is 0 Å². The molecule has 0 fully saturated rings. The van der Waals surface area contributed by atoms with Crippen LogP contribution in [0.3, 0.4) is 0 Å². The van der Waals surface area contributed by atoms with E-state index in [-0.39, 0.29) is 5.82 Å². The Kier molecular flexibility index (Phi) is 5.55. The first-order valence-corrected chi connectivity index (χ1v) is 6.00. The average Bonchev–Trinajstić information content (AvgIpc) is 2.25. The summed E-state index contributed by atoms with van der Waals surface area (Å²) in [5.41, 5.74) is 6.90. The molecule has 3 nitrogen and oxygen atoms in total. The molecule has 3 N–H and O–H groups in total. The van der Waals surface area contributed by atoms with Crippen molar-refractivity contribution in [1.29, 1.82) is 0 Å². The van der Waals surface area contributed by atoms with E-state index in [1.165, 1.54) is 6.07 Å². The van der Waals surface area contributed by atoms with Crippen LogP contribution in [-0.4, -0.2) is 19.8 Å². The van der Waals surface area contributed by atoms with Gasteiger partial charge in [0.15, 0.2) is 0 Å². The van der Waals surface area contributed by atoms with Gasteiger partial charge in [-0.2, -0.15) is 0 Å². The molecule has 0 aliphatic carbocycles. The van der Waals surface area contributed by atoms with E-state index >= 15 is 0 Å². The lowest BCUT2D eigenvalue weighted by Crippen LogP contribution is -2.07. The Morgan fingerprint density at radius 1 is 1.50 bits per heavy atom. The van der Waals surface area contributed by atoms with Crippen molar-refractivity contribution >= 4 is 27.3 Å². The molecule has 0 aromatic heterocycles. The van der Waals surface area contributed by atoms with Crippen LogP contribution in [0.25, 0.3) is 0 Å². The molecule has 1 aromatic rings. The maximum absolute atomic E-state index is 13.2. The first kappa shape index (κ1) is 13.3. The number of hydrogen-bond donors (Lipinski definition) is 2. The van der Waals surface area contributed by atoms with Gasteiger partial charge in [0, 0.05) is 25.8 Å². The highest BCUT2D eigenvalue weighted by atomic mass is 79.9. The van der Waals surface area contributed by atoms with Crippen molar-refractivity contribution < 1.29 is 9.13 Å². The van der Waals surface area contributed by atoms with Crippen LogP contribution in [0.15, 0.2) is 16.6 Å². The summed E-state index contributed by atoms with van der Waals surface area (Å²) in [6.45, 7) is 4.08. The minimum atomic E-state index is -0.318. The Balaban J connectivity index is 2.45. The monoisotopic (exact) mass is 290 g/mol. The second kappa shape index (κ2) is 6.70. The van der Waals surface area contributed by atoms with Crippen LogP contribution in [0.2, 0.25) is 0 Å². The molecule has 0 unspecified atom stereocenters. The third-order valence-electron chi connectivity index (χ3n) is 2.08. The number of halogens is 2. The van der Waals surface area contributed by atoms with Crippen molar-refractivity contribution in [2.45, 2.75) is 13.3 Å². The number of nitrogens with one attached hydrogen (secondary N) is 1. The maximum Gasteiger partial charge on any atom is 0.139 e. The van der Waals surface area contributed by atoms with Gasteiger partial charge in [-0.05, 0) is 35.3 Å². The molecule has 90 valence electrons. The molecule has 0 aliphatic heterocycles. The maximum atomic E-state index is 13.2. The summed E-state index contributed by atoms with van der Waals surface area (Å²) >= 11 is 3.08. The second-order valence-electron chi connectivity index (χ2n) is 3.33. The first-order chi connectivity index (χ1) is 7.65. The zero-order chi connectivity index (χ0) is 12.0. The molecule has 0 spiro atoms. The third kappa shape index (κ3) is 3.98. The molecule has 1 aromatic carbocycles. The molecule has 0 radical (unpaired) electrons. The molecule has 0 saturated carbocycles. The number of hydrogen-bond acceptors (Lipinski definition) is 3. The SMILES string of the molecule is CCOCCCNc1cc(F)c(Br)cc1N. The highest BCUT2D eigenvalue weighted by Crippen LogP contribution is 2.26. The number of benzene rings is 1. The van der Waals surface area contributed by atoms with Crippen LogP contribution in [0, 0.1) is 5.82 Å². The highest BCUT2D eigenvalue weighted by Gasteiger charge is 2.05. The Morgan fingerprint density at radius 3 is 2.94 bits per heavy atom. The zero-order valence-corrected chi connectivity index (χ0v) is 10.8. The van der Waals surface area contributed by atoms with Gasteiger partial charge in [-0.3, -0.25) is 0 Å². The van der Waals surface area contributed by atoms with E-state index in [4.69, 9.17) is 10.5 Å². The molecule has 0 saturated heterocycles. The van der Waals surface area contributed by atoms with Crippen LogP contribution in [0.4, 0.5) is 15.8 Å². The molecule has 16 heavy (non-hydrogen) atoms. The largest absolute Gasteiger partial charge is 0.397 e. The molecule has 5 heteroatoms. The van der Waals surface area contributed by atoms with Crippen molar-refractivity contribution in [3.8, 4) is 0 Å². The van der Waals surface area contributed by atoms with Crippen molar-refractivity contribution in [3.63, 3.8) is 0 Å². The lowest BCUT2D eigenvalue weighted by Gasteiger charge is -2.10. The summed E-state index contributed by atoms with van der Waals surface area (Å²) in [7, 11) is 0. The standard InChI is InChI=1S/C11H16BrFN2O/c1-2-16-5-3-4-15-11-7-9(13)8(12)6-10(11)14/h6-7,15H,2-5,14H2,1H3. The number of nitrogens with two attached hydrogens (primary N) is 1. The zero-order valence-electron chi connectivity index (χ0n) is 9.22. The lowest BCUT2D eigenvalue weighted by atomic mass is 10.2. The number of nitrogen functional groups attached to an aromatic ring is 1. The van der Waals surface area contributed by atoms with Crippen molar-refractivity contribution in [2.24, 2.45) is 0 Å². The van der Waals surface area contributed by atoms with Gasteiger partial charge in [0.05, 0.1) is 15.8 Å². The number of ether oxygens (including phenoxy) is 1. The molecule has 0 amide bonds. The predicted molar refractivity (Wildman–Crippen MR) is 68.1 cm³/mol. The van der Waals surface area contributed by atoms with Gasteiger partial charge in [0.1, 0.15) is 5.82 Å². The summed E-state index contributed by atoms with van der Waals surface area (Å²) in [6, 6.07) is 2.94. The quantitative estimate of drug-likeness (QED) is 0.625. The fourth-order valence-electron chi connectivity index (χ4n) is 1.26. The van der Waals surface area contributed by atoms with E-state index in [1.54, 1.807) is 6.07 Å². The number of rotatable bonds is 6. The molecule has 1 rings (SSSR count). The minimum absolute atomic E-state index is 0.318. The van der Waals surface area contributed by atoms with Crippen LogP contribution >= 0.6 is 15.9 Å². The summed E-state index contributed by atoms with van der Waals surface area (Å²) < 4.78 is 18.8. The molecule has 0 atom stereocenters. The van der Waals surface area contributed by atoms with Gasteiger partial charge < -0.3 is 15.8 Å². The van der Waals surface area contributed by atoms with Crippen molar-refractivity contribution in [1.82, 2.24) is 0 Å². The second-order valence-corrected chi connectivity index (χ2v) is 4.19. The number of anilines is 2. The Labute approximate surface area is 103 Å². The van der Waals surface area contributed by atoms with Gasteiger partial charge >= 0.3 is 0 Å². The van der Waals surface area contributed by atoms with E-state index in [0.717, 1.165) is 13.0 Å². The normalized spacial score (nSPS) is 10.4. The van der Waals surface area contributed by atoms with Crippen molar-refractivity contribution in [3.05, 3.63) is 22.4 Å². The Hall–Kier alpha value is -0.810. The fraction of sp³-hybridized carbons (Fsp3) is 0.455. The van der Waals surface area contributed by atoms with E-state index < -0.39 is 0 Å². The average molecular weight is 291 g/mol.